The molecule has 0 saturated heterocycles. The first-order valence-corrected chi connectivity index (χ1v) is 9.87. The van der Waals surface area contributed by atoms with Gasteiger partial charge in [0.1, 0.15) is 11.6 Å². The first-order chi connectivity index (χ1) is 14.7. The summed E-state index contributed by atoms with van der Waals surface area (Å²) in [6, 6.07) is 13.9. The molecular weight excluding hydrogens is 421 g/mol. The summed E-state index contributed by atoms with van der Waals surface area (Å²) in [6.07, 6.45) is 1.14. The number of hydrogen-bond acceptors (Lipinski definition) is 4. The highest BCUT2D eigenvalue weighted by Crippen LogP contribution is 2.21. The van der Waals surface area contributed by atoms with E-state index in [9.17, 15) is 14.0 Å². The third-order valence-corrected chi connectivity index (χ3v) is 5.07. The Morgan fingerprint density at radius 1 is 1.16 bits per heavy atom. The minimum absolute atomic E-state index is 0.178. The van der Waals surface area contributed by atoms with Crippen molar-refractivity contribution in [2.75, 3.05) is 11.9 Å². The van der Waals surface area contributed by atoms with Crippen LogP contribution in [0.4, 0.5) is 10.2 Å². The Hall–Kier alpha value is -3.45. The molecule has 6 nitrogen and oxygen atoms in total. The van der Waals surface area contributed by atoms with Crippen LogP contribution in [0.3, 0.4) is 0 Å². The summed E-state index contributed by atoms with van der Waals surface area (Å²) in [4.78, 5) is 29.9. The van der Waals surface area contributed by atoms with E-state index in [1.54, 1.807) is 48.3 Å². The van der Waals surface area contributed by atoms with Gasteiger partial charge in [-0.05, 0) is 54.4 Å². The van der Waals surface area contributed by atoms with Crippen LogP contribution in [-0.4, -0.2) is 29.0 Å². The number of amides is 1. The minimum Gasteiger partial charge on any atom is -0.478 e. The molecule has 1 aromatic heterocycles. The molecule has 3 rings (SSSR count). The van der Waals surface area contributed by atoms with Gasteiger partial charge in [-0.15, -0.1) is 0 Å². The summed E-state index contributed by atoms with van der Waals surface area (Å²) in [5.74, 6) is -1.18. The average Bonchev–Trinajstić information content (AvgIpc) is 2.75. The number of anilines is 1. The molecule has 3 aromatic rings. The first kappa shape index (κ1) is 22.2. The molecule has 1 unspecified atom stereocenters. The monoisotopic (exact) mass is 441 g/mol. The maximum absolute atomic E-state index is 13.1. The molecule has 8 heteroatoms. The second kappa shape index (κ2) is 9.57. The van der Waals surface area contributed by atoms with Crippen molar-refractivity contribution < 1.29 is 19.1 Å². The fourth-order valence-electron chi connectivity index (χ4n) is 3.10. The fraction of sp³-hybridized carbons (Fsp3) is 0.174. The molecule has 2 N–H and O–H groups in total. The van der Waals surface area contributed by atoms with E-state index in [4.69, 9.17) is 16.7 Å². The number of halogens is 2. The number of pyridine rings is 1. The molecule has 160 valence electrons. The van der Waals surface area contributed by atoms with Gasteiger partial charge >= 0.3 is 5.97 Å². The van der Waals surface area contributed by atoms with Gasteiger partial charge in [0.05, 0.1) is 17.8 Å². The molecule has 0 aliphatic rings. The normalized spacial score (nSPS) is 11.6. The lowest BCUT2D eigenvalue weighted by molar-refractivity contribution is 0.0696. The molecule has 2 aromatic carbocycles. The van der Waals surface area contributed by atoms with Gasteiger partial charge in [0.15, 0.2) is 0 Å². The zero-order valence-corrected chi connectivity index (χ0v) is 17.7. The third kappa shape index (κ3) is 5.58. The molecule has 0 spiro atoms. The predicted octanol–water partition coefficient (Wildman–Crippen LogP) is 4.70. The molecule has 0 fully saturated rings. The molecule has 1 heterocycles. The van der Waals surface area contributed by atoms with Gasteiger partial charge in [0, 0.05) is 24.2 Å². The zero-order chi connectivity index (χ0) is 22.5. The minimum atomic E-state index is -1.01. The van der Waals surface area contributed by atoms with Crippen LogP contribution >= 0.6 is 11.6 Å². The van der Waals surface area contributed by atoms with Crippen LogP contribution in [-0.2, 0) is 6.54 Å². The Bertz CT molecular complexity index is 1090. The lowest BCUT2D eigenvalue weighted by Crippen LogP contribution is -2.29. The van der Waals surface area contributed by atoms with E-state index in [0.717, 1.165) is 17.3 Å². The van der Waals surface area contributed by atoms with E-state index in [0.29, 0.717) is 22.9 Å². The number of nitrogens with zero attached hydrogens (tertiary/aromatic N) is 2. The molecular formula is C23H21ClFN3O3. The molecule has 0 saturated carbocycles. The SMILES string of the molecule is CC(NC(=O)c1cc(Cl)ccc1CN(C)c1ccc(F)cn1)c1ccc(C(=O)O)cc1. The molecule has 1 atom stereocenters. The predicted molar refractivity (Wildman–Crippen MR) is 117 cm³/mol. The van der Waals surface area contributed by atoms with Crippen molar-refractivity contribution in [3.05, 3.63) is 93.9 Å². The second-order valence-electron chi connectivity index (χ2n) is 7.11. The molecule has 0 bridgehead atoms. The molecule has 31 heavy (non-hydrogen) atoms. The summed E-state index contributed by atoms with van der Waals surface area (Å²) in [5.41, 5.74) is 2.09. The van der Waals surface area contributed by atoms with E-state index < -0.39 is 11.8 Å². The van der Waals surface area contributed by atoms with Crippen LogP contribution in [0.5, 0.6) is 0 Å². The molecule has 0 aliphatic heterocycles. The van der Waals surface area contributed by atoms with Crippen molar-refractivity contribution in [3.8, 4) is 0 Å². The van der Waals surface area contributed by atoms with Gasteiger partial charge in [-0.1, -0.05) is 29.8 Å². The van der Waals surface area contributed by atoms with Gasteiger partial charge in [-0.2, -0.15) is 0 Å². The van der Waals surface area contributed by atoms with Crippen LogP contribution in [0.25, 0.3) is 0 Å². The second-order valence-corrected chi connectivity index (χ2v) is 7.55. The maximum Gasteiger partial charge on any atom is 0.335 e. The number of aromatic nitrogens is 1. The van der Waals surface area contributed by atoms with E-state index in [-0.39, 0.29) is 17.5 Å². The van der Waals surface area contributed by atoms with Gasteiger partial charge < -0.3 is 15.3 Å². The Morgan fingerprint density at radius 2 is 1.87 bits per heavy atom. The fourth-order valence-corrected chi connectivity index (χ4v) is 3.27. The van der Waals surface area contributed by atoms with Crippen molar-refractivity contribution in [1.29, 1.82) is 0 Å². The Labute approximate surface area is 184 Å². The van der Waals surface area contributed by atoms with Crippen LogP contribution in [0.15, 0.2) is 60.8 Å². The summed E-state index contributed by atoms with van der Waals surface area (Å²) >= 11 is 6.13. The Morgan fingerprint density at radius 3 is 2.48 bits per heavy atom. The lowest BCUT2D eigenvalue weighted by Gasteiger charge is -2.21. The zero-order valence-electron chi connectivity index (χ0n) is 17.0. The highest BCUT2D eigenvalue weighted by atomic mass is 35.5. The van der Waals surface area contributed by atoms with Crippen LogP contribution in [0, 0.1) is 5.82 Å². The average molecular weight is 442 g/mol. The topological polar surface area (TPSA) is 82.5 Å². The number of aromatic carboxylic acids is 1. The largest absolute Gasteiger partial charge is 0.478 e. The van der Waals surface area contributed by atoms with E-state index in [1.807, 2.05) is 6.92 Å². The third-order valence-electron chi connectivity index (χ3n) is 4.83. The standard InChI is InChI=1S/C23H21ClFN3O3/c1-14(15-3-5-16(6-4-15)23(30)31)27-22(29)20-11-18(24)8-7-17(20)13-28(2)21-10-9-19(25)12-26-21/h3-12,14H,13H2,1-2H3,(H,27,29)(H,30,31). The van der Waals surface area contributed by atoms with E-state index in [1.165, 1.54) is 18.2 Å². The Kier molecular flexibility index (Phi) is 6.87. The van der Waals surface area contributed by atoms with Crippen LogP contribution in [0.1, 0.15) is 44.8 Å². The molecule has 0 radical (unpaired) electrons. The highest BCUT2D eigenvalue weighted by molar-refractivity contribution is 6.31. The smallest absolute Gasteiger partial charge is 0.335 e. The highest BCUT2D eigenvalue weighted by Gasteiger charge is 2.17. The number of carbonyl (C=O) groups excluding carboxylic acids is 1. The van der Waals surface area contributed by atoms with Crippen molar-refractivity contribution in [2.24, 2.45) is 0 Å². The Balaban J connectivity index is 1.77. The van der Waals surface area contributed by atoms with Crippen molar-refractivity contribution in [2.45, 2.75) is 19.5 Å². The maximum atomic E-state index is 13.1. The van der Waals surface area contributed by atoms with Crippen LogP contribution in [0.2, 0.25) is 5.02 Å². The number of nitrogens with one attached hydrogen (secondary N) is 1. The van der Waals surface area contributed by atoms with Gasteiger partial charge in [-0.3, -0.25) is 4.79 Å². The summed E-state index contributed by atoms with van der Waals surface area (Å²) in [6.45, 7) is 2.17. The summed E-state index contributed by atoms with van der Waals surface area (Å²) in [7, 11) is 1.79. The van der Waals surface area contributed by atoms with Crippen molar-refractivity contribution in [1.82, 2.24) is 10.3 Å². The van der Waals surface area contributed by atoms with Crippen molar-refractivity contribution >= 4 is 29.3 Å². The number of rotatable bonds is 7. The van der Waals surface area contributed by atoms with Crippen LogP contribution < -0.4 is 10.2 Å². The number of carbonyl (C=O) groups is 2. The molecule has 1 amide bonds. The summed E-state index contributed by atoms with van der Waals surface area (Å²) < 4.78 is 13.1. The number of hydrogen-bond donors (Lipinski definition) is 2. The first-order valence-electron chi connectivity index (χ1n) is 9.50. The number of carboxylic acid groups (broad SMARTS) is 1. The number of carboxylic acids is 1. The van der Waals surface area contributed by atoms with Crippen molar-refractivity contribution in [3.63, 3.8) is 0 Å². The lowest BCUT2D eigenvalue weighted by atomic mass is 10.0. The van der Waals surface area contributed by atoms with Gasteiger partial charge in [0.2, 0.25) is 0 Å². The number of benzene rings is 2. The van der Waals surface area contributed by atoms with E-state index >= 15 is 0 Å². The quantitative estimate of drug-likeness (QED) is 0.555. The summed E-state index contributed by atoms with van der Waals surface area (Å²) in [5, 5.41) is 12.4. The van der Waals surface area contributed by atoms with Gasteiger partial charge in [-0.25, -0.2) is 14.2 Å². The molecule has 0 aliphatic carbocycles. The van der Waals surface area contributed by atoms with Gasteiger partial charge in [0.25, 0.3) is 5.91 Å². The van der Waals surface area contributed by atoms with E-state index in [2.05, 4.69) is 10.3 Å².